The number of hydrogen-bond acceptors (Lipinski definition) is 1. The Kier molecular flexibility index (Phi) is 8.19. The van der Waals surface area contributed by atoms with Gasteiger partial charge in [0.2, 0.25) is 0 Å². The van der Waals surface area contributed by atoms with Gasteiger partial charge in [-0.1, -0.05) is 12.5 Å². The van der Waals surface area contributed by atoms with Crippen molar-refractivity contribution in [1.82, 2.24) is 0 Å². The SMILES string of the molecule is NCCCC[SiH2][SiH2][SiH3]. The lowest BCUT2D eigenvalue weighted by molar-refractivity contribution is 0.805. The highest BCUT2D eigenvalue weighted by molar-refractivity contribution is 7.23. The van der Waals surface area contributed by atoms with E-state index in [-0.39, 0.29) is 0 Å². The topological polar surface area (TPSA) is 26.0 Å². The largest absolute Gasteiger partial charge is 0.330 e. The third-order valence-electron chi connectivity index (χ3n) is 1.31. The summed E-state index contributed by atoms with van der Waals surface area (Å²) in [6.07, 6.45) is 2.72. The molecule has 0 bridgehead atoms. The van der Waals surface area contributed by atoms with Gasteiger partial charge >= 0.3 is 0 Å². The average Bonchev–Trinajstić information content (AvgIpc) is 1.81. The molecule has 0 unspecified atom stereocenters. The Morgan fingerprint density at radius 1 is 1.38 bits per heavy atom. The minimum absolute atomic E-state index is 0.546. The summed E-state index contributed by atoms with van der Waals surface area (Å²) >= 11 is 0. The second-order valence-electron chi connectivity index (χ2n) is 2.20. The predicted molar refractivity (Wildman–Crippen MR) is 50.1 cm³/mol. The molecule has 0 aliphatic rings. The van der Waals surface area contributed by atoms with Crippen LogP contribution >= 0.6 is 0 Å². The molecular weight excluding hydrogens is 146 g/mol. The van der Waals surface area contributed by atoms with Gasteiger partial charge in [-0.15, -0.1) is 0 Å². The molecule has 0 rings (SSSR count). The van der Waals surface area contributed by atoms with E-state index >= 15 is 0 Å². The number of unbranched alkanes of at least 4 members (excludes halogenated alkanes) is 1. The lowest BCUT2D eigenvalue weighted by Crippen LogP contribution is -2.04. The van der Waals surface area contributed by atoms with E-state index in [1.165, 1.54) is 12.8 Å². The van der Waals surface area contributed by atoms with E-state index in [2.05, 4.69) is 0 Å². The van der Waals surface area contributed by atoms with E-state index < -0.39 is 0 Å². The third-order valence-corrected chi connectivity index (χ3v) is 13.0. The van der Waals surface area contributed by atoms with Crippen molar-refractivity contribution in [3.63, 3.8) is 0 Å². The molecule has 0 aromatic carbocycles. The first kappa shape index (κ1) is 8.61. The van der Waals surface area contributed by atoms with Crippen LogP contribution in [-0.2, 0) is 0 Å². The van der Waals surface area contributed by atoms with Gasteiger partial charge in [-0.25, -0.2) is 0 Å². The van der Waals surface area contributed by atoms with Crippen LogP contribution in [0.2, 0.25) is 6.04 Å². The molecule has 0 fully saturated rings. The quantitative estimate of drug-likeness (QED) is 0.357. The van der Waals surface area contributed by atoms with Crippen LogP contribution in [0.25, 0.3) is 0 Å². The Labute approximate surface area is 59.1 Å². The van der Waals surface area contributed by atoms with Crippen molar-refractivity contribution in [2.24, 2.45) is 5.73 Å². The maximum atomic E-state index is 5.35. The Morgan fingerprint density at radius 2 is 2.12 bits per heavy atom. The molecule has 0 spiro atoms. The fourth-order valence-electron chi connectivity index (χ4n) is 0.748. The molecule has 0 saturated heterocycles. The van der Waals surface area contributed by atoms with Crippen LogP contribution in [0.5, 0.6) is 0 Å². The molecule has 8 heavy (non-hydrogen) atoms. The van der Waals surface area contributed by atoms with Gasteiger partial charge in [0.05, 0.1) is 0 Å². The molecule has 0 radical (unpaired) electrons. The Balaban J connectivity index is 2.53. The third kappa shape index (κ3) is 6.61. The summed E-state index contributed by atoms with van der Waals surface area (Å²) in [5, 5.41) is 0. The summed E-state index contributed by atoms with van der Waals surface area (Å²) in [4.78, 5) is 0. The lowest BCUT2D eigenvalue weighted by atomic mass is 10.3. The van der Waals surface area contributed by atoms with Crippen molar-refractivity contribution in [1.29, 1.82) is 0 Å². The minimum Gasteiger partial charge on any atom is -0.330 e. The monoisotopic (exact) mass is 163 g/mol. The van der Waals surface area contributed by atoms with Crippen LogP contribution < -0.4 is 5.73 Å². The summed E-state index contributed by atoms with van der Waals surface area (Å²) in [5.74, 6) is 0. The standard InChI is InChI=1S/C4H17NSi3/c5-3-1-2-4-7-8-6/h1-5,7-8H2,6H3. The smallest absolute Gasteiger partial charge is 0.00460 e. The highest BCUT2D eigenvalue weighted by atomic mass is 29.5. The van der Waals surface area contributed by atoms with Gasteiger partial charge < -0.3 is 5.73 Å². The first-order valence-electron chi connectivity index (χ1n) is 3.62. The molecule has 0 aromatic heterocycles. The van der Waals surface area contributed by atoms with Crippen molar-refractivity contribution in [3.8, 4) is 0 Å². The van der Waals surface area contributed by atoms with Gasteiger partial charge in [0.1, 0.15) is 0 Å². The van der Waals surface area contributed by atoms with Crippen LogP contribution in [0.4, 0.5) is 0 Å². The number of nitrogens with two attached hydrogens (primary N) is 1. The first-order chi connectivity index (χ1) is 3.91. The minimum atomic E-state index is 0.546. The van der Waals surface area contributed by atoms with Crippen LogP contribution in [0, 0.1) is 0 Å². The molecule has 0 aliphatic heterocycles. The summed E-state index contributed by atoms with van der Waals surface area (Å²) in [5.41, 5.74) is 5.35. The second kappa shape index (κ2) is 7.61. The van der Waals surface area contributed by atoms with Crippen molar-refractivity contribution >= 4 is 27.4 Å². The van der Waals surface area contributed by atoms with Crippen LogP contribution in [0.3, 0.4) is 0 Å². The summed E-state index contributed by atoms with van der Waals surface area (Å²) in [7, 11) is 2.75. The molecule has 1 nitrogen and oxygen atoms in total. The van der Waals surface area contributed by atoms with Crippen LogP contribution in [0.1, 0.15) is 12.8 Å². The Morgan fingerprint density at radius 3 is 2.62 bits per heavy atom. The lowest BCUT2D eigenvalue weighted by Gasteiger charge is -1.92. The van der Waals surface area contributed by atoms with Gasteiger partial charge in [0, 0.05) is 9.04 Å². The Bertz CT molecular complexity index is 36.3. The maximum Gasteiger partial charge on any atom is 0.00460 e. The second-order valence-corrected chi connectivity index (χ2v) is 18.7. The molecular formula is C4H17NSi3. The van der Waals surface area contributed by atoms with Crippen molar-refractivity contribution in [2.45, 2.75) is 18.9 Å². The molecule has 0 aliphatic carbocycles. The van der Waals surface area contributed by atoms with Crippen molar-refractivity contribution < 1.29 is 0 Å². The predicted octanol–water partition coefficient (Wildman–Crippen LogP) is -2.32. The molecule has 0 amide bonds. The highest BCUT2D eigenvalue weighted by Crippen LogP contribution is 1.90. The first-order valence-corrected chi connectivity index (χ1v) is 14.3. The fraction of sp³-hybridized carbons (Fsp3) is 1.00. The zero-order chi connectivity index (χ0) is 6.24. The molecule has 0 atom stereocenters. The van der Waals surface area contributed by atoms with Gasteiger partial charge in [-0.2, -0.15) is 0 Å². The molecule has 0 saturated carbocycles. The Hall–Kier alpha value is 0.611. The summed E-state index contributed by atoms with van der Waals surface area (Å²) in [6.45, 7) is 0.914. The molecule has 0 aromatic rings. The summed E-state index contributed by atoms with van der Waals surface area (Å²) in [6, 6.07) is 1.60. The van der Waals surface area contributed by atoms with E-state index in [4.69, 9.17) is 5.73 Å². The average molecular weight is 163 g/mol. The van der Waals surface area contributed by atoms with Crippen molar-refractivity contribution in [2.75, 3.05) is 6.54 Å². The normalized spacial score (nSPS) is 13.1. The van der Waals surface area contributed by atoms with Gasteiger partial charge in [0.25, 0.3) is 0 Å². The zero-order valence-corrected chi connectivity index (χ0v) is 10.6. The number of hydrogen-bond donors (Lipinski definition) is 1. The molecule has 0 heterocycles. The maximum absolute atomic E-state index is 5.35. The van der Waals surface area contributed by atoms with E-state index in [0.29, 0.717) is 17.6 Å². The fourth-order valence-corrected chi connectivity index (χ4v) is 9.02. The van der Waals surface area contributed by atoms with Crippen LogP contribution in [-0.4, -0.2) is 33.9 Å². The van der Waals surface area contributed by atoms with Gasteiger partial charge in [-0.05, 0) is 31.3 Å². The van der Waals surface area contributed by atoms with Gasteiger partial charge in [-0.3, -0.25) is 0 Å². The van der Waals surface area contributed by atoms with Crippen LogP contribution in [0.15, 0.2) is 0 Å². The summed E-state index contributed by atoms with van der Waals surface area (Å²) < 4.78 is 0. The van der Waals surface area contributed by atoms with Crippen molar-refractivity contribution in [3.05, 3.63) is 0 Å². The van der Waals surface area contributed by atoms with E-state index in [0.717, 1.165) is 6.54 Å². The molecule has 50 valence electrons. The zero-order valence-electron chi connectivity index (χ0n) is 5.82. The highest BCUT2D eigenvalue weighted by Gasteiger charge is 1.84. The van der Waals surface area contributed by atoms with E-state index in [1.807, 2.05) is 0 Å². The van der Waals surface area contributed by atoms with E-state index in [9.17, 15) is 0 Å². The molecule has 4 heteroatoms. The van der Waals surface area contributed by atoms with E-state index in [1.54, 1.807) is 15.8 Å². The van der Waals surface area contributed by atoms with Gasteiger partial charge in [0.15, 0.2) is 0 Å². The molecule has 2 N–H and O–H groups in total. The number of rotatable bonds is 5.